The Bertz CT molecular complexity index is 2170. The summed E-state index contributed by atoms with van der Waals surface area (Å²) in [6, 6.07) is 10.9. The number of nitrogens with two attached hydrogens (primary N) is 1. The van der Waals surface area contributed by atoms with Gasteiger partial charge in [-0.3, -0.25) is 14.9 Å². The Balaban J connectivity index is 1.42. The van der Waals surface area contributed by atoms with Crippen LogP contribution in [0.25, 0.3) is 0 Å². The Kier molecular flexibility index (Phi) is 17.2. The zero-order valence-corrected chi connectivity index (χ0v) is 39.1. The third-order valence-electron chi connectivity index (χ3n) is 15.0. The first-order valence-electron chi connectivity index (χ1n) is 23.9. The second-order valence-electron chi connectivity index (χ2n) is 19.8. The summed E-state index contributed by atoms with van der Waals surface area (Å²) in [4.78, 5) is 28.4. The average molecular weight is 894 g/mol. The highest BCUT2D eigenvalue weighted by molar-refractivity contribution is 5.98. The van der Waals surface area contributed by atoms with Crippen LogP contribution in [0.4, 0.5) is 0 Å². The van der Waals surface area contributed by atoms with Crippen molar-refractivity contribution in [1.29, 1.82) is 0 Å². The third kappa shape index (κ3) is 11.6. The number of carbonyl (C=O) groups excluding carboxylic acids is 2. The Morgan fingerprint density at radius 2 is 1.75 bits per heavy atom. The van der Waals surface area contributed by atoms with Crippen LogP contribution in [0.3, 0.4) is 0 Å². The van der Waals surface area contributed by atoms with E-state index < -0.39 is 53.4 Å². The van der Waals surface area contributed by atoms with Crippen LogP contribution >= 0.6 is 0 Å². The molecular formula is C54H75N3O8. The largest absolute Gasteiger partial charge is 0.396 e. The number of aryl methyl sites for hydroxylation is 2. The van der Waals surface area contributed by atoms with Gasteiger partial charge in [0.15, 0.2) is 5.78 Å². The van der Waals surface area contributed by atoms with Gasteiger partial charge < -0.3 is 41.7 Å². The molecule has 9 atom stereocenters. The van der Waals surface area contributed by atoms with Gasteiger partial charge in [-0.05, 0) is 162 Å². The molecule has 0 unspecified atom stereocenters. The number of hydrogen-bond donors (Lipinski definition) is 9. The Morgan fingerprint density at radius 3 is 2.49 bits per heavy atom. The van der Waals surface area contributed by atoms with Gasteiger partial charge in [0.25, 0.3) is 0 Å². The molecule has 65 heavy (non-hydrogen) atoms. The summed E-state index contributed by atoms with van der Waals surface area (Å²) in [6.07, 6.45) is 11.1. The molecule has 354 valence electrons. The van der Waals surface area contributed by atoms with Crippen LogP contribution in [-0.2, 0) is 35.3 Å². The number of benzene rings is 2. The summed E-state index contributed by atoms with van der Waals surface area (Å²) in [5.41, 5.74) is 13.2. The van der Waals surface area contributed by atoms with E-state index in [1.54, 1.807) is 6.92 Å². The Labute approximate surface area is 386 Å². The van der Waals surface area contributed by atoms with Crippen LogP contribution < -0.4 is 16.4 Å². The van der Waals surface area contributed by atoms with E-state index in [-0.39, 0.29) is 37.9 Å². The second kappa shape index (κ2) is 22.2. The van der Waals surface area contributed by atoms with Crippen molar-refractivity contribution in [1.82, 2.24) is 10.6 Å². The van der Waals surface area contributed by atoms with Crippen LogP contribution in [0, 0.1) is 17.3 Å². The van der Waals surface area contributed by atoms with E-state index in [0.717, 1.165) is 40.7 Å². The topological polar surface area (TPSA) is 206 Å². The molecule has 2 aliphatic carbocycles. The van der Waals surface area contributed by atoms with Crippen LogP contribution in [-0.4, -0.2) is 86.0 Å². The van der Waals surface area contributed by atoms with Crippen molar-refractivity contribution < 1.29 is 40.2 Å². The molecule has 11 nitrogen and oxygen atoms in total. The van der Waals surface area contributed by atoms with E-state index in [4.69, 9.17) is 5.73 Å². The normalized spacial score (nSPS) is 31.6. The minimum absolute atomic E-state index is 0.0141. The molecule has 0 aromatic heterocycles. The monoisotopic (exact) mass is 894 g/mol. The number of aliphatic hydroxyl groups is 6. The molecular weight excluding hydrogens is 819 g/mol. The number of rotatable bonds is 10. The number of ketones is 1. The van der Waals surface area contributed by atoms with Gasteiger partial charge in [-0.1, -0.05) is 84.0 Å². The van der Waals surface area contributed by atoms with Gasteiger partial charge in [0.1, 0.15) is 12.2 Å². The summed E-state index contributed by atoms with van der Waals surface area (Å²) < 4.78 is 0. The standard InChI is InChI=1S/C54H75N3O8/c1-33(2)10-6-11-34(3)12-7-15-40(32-59)44-22-24-54(50(44)63)46-20-19-41(60)29-38-27-36(13-9-25-58)26-37(28-38)17-18-42(61)31-56-49-48-39(14-8-16-45(48)51(55)57-52(49)64)30-47(62)35(4)43(46)21-23-53(54,5)65/h7-8,10,12,14-16,26-28,41-42,44,46,49-51,56,58-61,63,65H,3,6,9,11,13,17-25,29-32,55H2,1-2,4-5H3,(H,57,64)/b12-7+,40-15-,43-35+/t41-,42+,44+,46+,49+,50+,51+,53+,54+/m0/s1. The van der Waals surface area contributed by atoms with Crippen LogP contribution in [0.15, 0.2) is 95.1 Å². The molecule has 6 rings (SSSR count). The highest BCUT2D eigenvalue weighted by Gasteiger charge is 2.64. The summed E-state index contributed by atoms with van der Waals surface area (Å²) in [5, 5.41) is 75.0. The van der Waals surface area contributed by atoms with Crippen molar-refractivity contribution in [3.63, 3.8) is 0 Å². The van der Waals surface area contributed by atoms with Crippen LogP contribution in [0.2, 0.25) is 0 Å². The number of β-amino-alcohol motifs (C(OH)–C–C–N with tert-alkyl or cyclic N) is 1. The molecule has 11 heteroatoms. The lowest BCUT2D eigenvalue weighted by Gasteiger charge is -2.56. The van der Waals surface area contributed by atoms with Crippen molar-refractivity contribution in [3.05, 3.63) is 129 Å². The first-order chi connectivity index (χ1) is 31.0. The first kappa shape index (κ1) is 50.4. The van der Waals surface area contributed by atoms with Gasteiger partial charge in [-0.2, -0.15) is 0 Å². The van der Waals surface area contributed by atoms with Crippen molar-refractivity contribution in [2.24, 2.45) is 23.0 Å². The zero-order chi connectivity index (χ0) is 47.1. The number of hydrogen-bond acceptors (Lipinski definition) is 10. The summed E-state index contributed by atoms with van der Waals surface area (Å²) in [5.74, 6) is -1.42. The molecule has 2 saturated carbocycles. The van der Waals surface area contributed by atoms with Gasteiger partial charge in [-0.15, -0.1) is 0 Å². The molecule has 2 aromatic rings. The highest BCUT2D eigenvalue weighted by Crippen LogP contribution is 2.63. The predicted octanol–water partition coefficient (Wildman–Crippen LogP) is 6.14. The van der Waals surface area contributed by atoms with Crippen molar-refractivity contribution in [3.8, 4) is 0 Å². The fourth-order valence-electron chi connectivity index (χ4n) is 11.5. The lowest BCUT2D eigenvalue weighted by Crippen LogP contribution is -2.59. The van der Waals surface area contributed by atoms with Gasteiger partial charge in [-0.25, -0.2) is 0 Å². The Morgan fingerprint density at radius 1 is 0.985 bits per heavy atom. The Hall–Kier alpha value is -4.04. The highest BCUT2D eigenvalue weighted by atomic mass is 16.3. The first-order valence-corrected chi connectivity index (χ1v) is 23.9. The van der Waals surface area contributed by atoms with Crippen LogP contribution in [0.1, 0.15) is 137 Å². The van der Waals surface area contributed by atoms with E-state index in [1.807, 2.05) is 43.4 Å². The summed E-state index contributed by atoms with van der Waals surface area (Å²) in [7, 11) is 0. The molecule has 10 N–H and O–H groups in total. The molecule has 1 spiro atoms. The van der Waals surface area contributed by atoms with Crippen molar-refractivity contribution >= 4 is 11.7 Å². The number of fused-ring (bicyclic) bond motifs is 4. The molecule has 0 radical (unpaired) electrons. The lowest BCUT2D eigenvalue weighted by atomic mass is 9.52. The smallest absolute Gasteiger partial charge is 0.243 e. The fourth-order valence-corrected chi connectivity index (χ4v) is 11.5. The average Bonchev–Trinajstić information content (AvgIpc) is 3.60. The fraction of sp³-hybridized carbons (Fsp3) is 0.556. The van der Waals surface area contributed by atoms with E-state index in [0.29, 0.717) is 98.5 Å². The maximum atomic E-state index is 14.8. The summed E-state index contributed by atoms with van der Waals surface area (Å²) >= 11 is 0. The predicted molar refractivity (Wildman–Crippen MR) is 255 cm³/mol. The number of allylic oxidation sites excluding steroid dienone is 8. The van der Waals surface area contributed by atoms with Gasteiger partial charge in [0.2, 0.25) is 5.91 Å². The summed E-state index contributed by atoms with van der Waals surface area (Å²) in [6.45, 7) is 11.9. The maximum Gasteiger partial charge on any atom is 0.243 e. The van der Waals surface area contributed by atoms with Crippen LogP contribution in [0.5, 0.6) is 0 Å². The second-order valence-corrected chi connectivity index (χ2v) is 19.8. The molecule has 0 saturated heterocycles. The molecule has 2 bridgehead atoms. The molecule has 4 aliphatic rings. The molecule has 2 fully saturated rings. The van der Waals surface area contributed by atoms with Gasteiger partial charge in [0, 0.05) is 30.9 Å². The maximum absolute atomic E-state index is 14.8. The molecule has 2 heterocycles. The zero-order valence-electron chi connectivity index (χ0n) is 39.1. The van der Waals surface area contributed by atoms with Crippen molar-refractivity contribution in [2.45, 2.75) is 154 Å². The van der Waals surface area contributed by atoms with E-state index >= 15 is 0 Å². The van der Waals surface area contributed by atoms with Gasteiger partial charge >= 0.3 is 0 Å². The minimum atomic E-state index is -1.34. The quantitative estimate of drug-likeness (QED) is 0.0984. The molecule has 2 aromatic carbocycles. The molecule has 2 aliphatic heterocycles. The minimum Gasteiger partial charge on any atom is -0.396 e. The SMILES string of the molecule is C=C(/C=C/C=C(/CO)[C@H]1CC[C@@]2([C@@H]3CC[C@H](O)Cc4cc(CCCO)cc(c4)CC[C@@H](O)CN[C@H]4C(=O)N[C@@H](N)c5cccc(c54)CC(=O)/C(C)=C/3CC[C@@]2(C)O)[C@@H]1O)CCC=C(C)C. The number of amides is 1. The van der Waals surface area contributed by atoms with E-state index in [2.05, 4.69) is 55.3 Å². The van der Waals surface area contributed by atoms with Crippen molar-refractivity contribution in [2.75, 3.05) is 19.8 Å². The number of Topliss-reactive ketones (excluding diaryl/α,β-unsaturated/α-hetero) is 1. The number of carbonyl (C=O) groups is 2. The third-order valence-corrected chi connectivity index (χ3v) is 15.0. The lowest BCUT2D eigenvalue weighted by molar-refractivity contribution is -0.168. The molecule has 1 amide bonds. The number of nitrogens with one attached hydrogen (secondary N) is 2. The number of aliphatic hydroxyl groups excluding tert-OH is 5. The van der Waals surface area contributed by atoms with E-state index in [1.165, 1.54) is 5.57 Å². The van der Waals surface area contributed by atoms with Gasteiger partial charge in [0.05, 0.1) is 30.5 Å². The van der Waals surface area contributed by atoms with E-state index in [9.17, 15) is 40.2 Å².